The van der Waals surface area contributed by atoms with Gasteiger partial charge in [-0.05, 0) is 25.1 Å². The lowest BCUT2D eigenvalue weighted by Gasteiger charge is -2.30. The molecule has 4 rings (SSSR count). The lowest BCUT2D eigenvalue weighted by Crippen LogP contribution is -2.42. The van der Waals surface area contributed by atoms with Gasteiger partial charge in [-0.3, -0.25) is 18.7 Å². The summed E-state index contributed by atoms with van der Waals surface area (Å²) in [5.41, 5.74) is 1.94. The third kappa shape index (κ3) is 2.29. The van der Waals surface area contributed by atoms with Crippen LogP contribution in [0.4, 0.5) is 0 Å². The number of hydrogen-bond acceptors (Lipinski definition) is 4. The highest BCUT2D eigenvalue weighted by Gasteiger charge is 2.28. The van der Waals surface area contributed by atoms with Crippen LogP contribution in [0.1, 0.15) is 24.2 Å². The van der Waals surface area contributed by atoms with Crippen LogP contribution in [-0.4, -0.2) is 36.5 Å². The fourth-order valence-corrected chi connectivity index (χ4v) is 3.12. The Balaban J connectivity index is 1.67. The van der Waals surface area contributed by atoms with Crippen LogP contribution in [0.5, 0.6) is 0 Å². The molecule has 1 atom stereocenters. The number of carbonyl (C=O) groups is 1. The lowest BCUT2D eigenvalue weighted by molar-refractivity contribution is -0.135. The summed E-state index contributed by atoms with van der Waals surface area (Å²) >= 11 is 0. The fraction of sp³-hybridized carbons (Fsp3) is 0.294. The second-order valence-electron chi connectivity index (χ2n) is 5.94. The minimum absolute atomic E-state index is 0.0399. The number of pyridine rings is 1. The first kappa shape index (κ1) is 14.6. The van der Waals surface area contributed by atoms with Crippen molar-refractivity contribution in [2.24, 2.45) is 0 Å². The predicted molar refractivity (Wildman–Crippen MR) is 87.5 cm³/mol. The third-order valence-corrected chi connectivity index (χ3v) is 4.47. The zero-order valence-corrected chi connectivity index (χ0v) is 13.3. The Kier molecular flexibility index (Phi) is 3.41. The highest BCUT2D eigenvalue weighted by Crippen LogP contribution is 2.18. The molecule has 122 valence electrons. The molecule has 3 aromatic rings. The van der Waals surface area contributed by atoms with Crippen molar-refractivity contribution < 1.29 is 4.79 Å². The Morgan fingerprint density at radius 2 is 2.12 bits per heavy atom. The third-order valence-electron chi connectivity index (χ3n) is 4.47. The predicted octanol–water partition coefficient (Wildman–Crippen LogP) is 1.04. The largest absolute Gasteiger partial charge is 0.336 e. The summed E-state index contributed by atoms with van der Waals surface area (Å²) in [5, 5.41) is 4.13. The van der Waals surface area contributed by atoms with E-state index < -0.39 is 6.04 Å². The number of hydrogen-bond donors (Lipinski definition) is 0. The maximum Gasteiger partial charge on any atom is 0.263 e. The molecule has 7 nitrogen and oxygen atoms in total. The van der Waals surface area contributed by atoms with Gasteiger partial charge in [0, 0.05) is 31.6 Å². The highest BCUT2D eigenvalue weighted by atomic mass is 16.2. The molecular weight excluding hydrogens is 306 g/mol. The Morgan fingerprint density at radius 3 is 2.92 bits per heavy atom. The number of fused-ring (bicyclic) bond motifs is 2. The van der Waals surface area contributed by atoms with Crippen molar-refractivity contribution in [3.05, 3.63) is 64.5 Å². The maximum atomic E-state index is 12.7. The Morgan fingerprint density at radius 1 is 1.25 bits per heavy atom. The number of carbonyl (C=O) groups excluding carboxylic acids is 1. The molecule has 0 bridgehead atoms. The fourth-order valence-electron chi connectivity index (χ4n) is 3.12. The number of nitrogens with zero attached hydrogens (tertiary/aromatic N) is 5. The molecule has 7 heteroatoms. The van der Waals surface area contributed by atoms with E-state index in [1.807, 2.05) is 19.1 Å². The van der Waals surface area contributed by atoms with E-state index in [-0.39, 0.29) is 11.5 Å². The van der Waals surface area contributed by atoms with Gasteiger partial charge in [0.25, 0.3) is 5.56 Å². The molecule has 4 heterocycles. The van der Waals surface area contributed by atoms with E-state index in [0.29, 0.717) is 30.7 Å². The van der Waals surface area contributed by atoms with Gasteiger partial charge in [-0.2, -0.15) is 5.10 Å². The van der Waals surface area contributed by atoms with Gasteiger partial charge in [-0.25, -0.2) is 4.98 Å². The van der Waals surface area contributed by atoms with E-state index in [2.05, 4.69) is 10.1 Å². The van der Waals surface area contributed by atoms with E-state index in [1.54, 1.807) is 40.3 Å². The van der Waals surface area contributed by atoms with Gasteiger partial charge < -0.3 is 4.90 Å². The zero-order valence-electron chi connectivity index (χ0n) is 13.3. The van der Waals surface area contributed by atoms with Crippen LogP contribution in [0.3, 0.4) is 0 Å². The summed E-state index contributed by atoms with van der Waals surface area (Å²) in [6.45, 7) is 2.67. The van der Waals surface area contributed by atoms with E-state index in [4.69, 9.17) is 0 Å². The molecule has 1 aliphatic heterocycles. The van der Waals surface area contributed by atoms with Crippen molar-refractivity contribution in [1.82, 2.24) is 24.1 Å². The second-order valence-corrected chi connectivity index (χ2v) is 5.94. The monoisotopic (exact) mass is 323 g/mol. The topological polar surface area (TPSA) is 72.5 Å². The highest BCUT2D eigenvalue weighted by molar-refractivity contribution is 5.80. The van der Waals surface area contributed by atoms with Crippen molar-refractivity contribution in [3.8, 4) is 0 Å². The molecule has 0 unspecified atom stereocenters. The minimum atomic E-state index is -0.391. The summed E-state index contributed by atoms with van der Waals surface area (Å²) in [4.78, 5) is 31.7. The minimum Gasteiger partial charge on any atom is -0.336 e. The van der Waals surface area contributed by atoms with Crippen molar-refractivity contribution in [2.45, 2.75) is 25.9 Å². The Hall–Kier alpha value is -2.96. The van der Waals surface area contributed by atoms with E-state index in [9.17, 15) is 9.59 Å². The van der Waals surface area contributed by atoms with Crippen LogP contribution in [0.25, 0.3) is 5.65 Å². The van der Waals surface area contributed by atoms with Gasteiger partial charge in [0.2, 0.25) is 5.91 Å². The van der Waals surface area contributed by atoms with E-state index in [0.717, 1.165) is 5.69 Å². The smallest absolute Gasteiger partial charge is 0.263 e. The normalized spacial score (nSPS) is 15.3. The first-order valence-electron chi connectivity index (χ1n) is 7.92. The zero-order chi connectivity index (χ0) is 16.7. The van der Waals surface area contributed by atoms with Gasteiger partial charge in [-0.15, -0.1) is 0 Å². The molecule has 0 spiro atoms. The van der Waals surface area contributed by atoms with Crippen LogP contribution in [-0.2, 0) is 17.8 Å². The molecule has 0 aliphatic carbocycles. The summed E-state index contributed by atoms with van der Waals surface area (Å²) in [7, 11) is 0. The van der Waals surface area contributed by atoms with Crippen molar-refractivity contribution in [1.29, 1.82) is 0 Å². The quantitative estimate of drug-likeness (QED) is 0.706. The average molecular weight is 323 g/mol. The van der Waals surface area contributed by atoms with E-state index in [1.165, 1.54) is 4.40 Å². The lowest BCUT2D eigenvalue weighted by atomic mass is 10.1. The maximum absolute atomic E-state index is 12.7. The molecule has 1 aliphatic rings. The Bertz CT molecular complexity index is 961. The summed E-state index contributed by atoms with van der Waals surface area (Å²) in [6.07, 6.45) is 5.72. The molecule has 0 aromatic carbocycles. The van der Waals surface area contributed by atoms with Gasteiger partial charge in [0.05, 0.1) is 17.8 Å². The summed E-state index contributed by atoms with van der Waals surface area (Å²) < 4.78 is 3.16. The number of aromatic nitrogens is 4. The van der Waals surface area contributed by atoms with Crippen LogP contribution in [0.2, 0.25) is 0 Å². The first-order chi connectivity index (χ1) is 11.6. The summed E-state index contributed by atoms with van der Waals surface area (Å²) in [6, 6.07) is 6.88. The first-order valence-corrected chi connectivity index (χ1v) is 7.92. The molecular formula is C17H17N5O2. The van der Waals surface area contributed by atoms with Crippen molar-refractivity contribution >= 4 is 11.6 Å². The van der Waals surface area contributed by atoms with Crippen LogP contribution >= 0.6 is 0 Å². The number of rotatable bonds is 2. The second kappa shape index (κ2) is 5.59. The molecule has 24 heavy (non-hydrogen) atoms. The van der Waals surface area contributed by atoms with Gasteiger partial charge in [0.15, 0.2) is 0 Å². The van der Waals surface area contributed by atoms with E-state index >= 15 is 0 Å². The molecule has 0 saturated carbocycles. The molecule has 0 saturated heterocycles. The standard InChI is InChI=1S/C17H17N5O2/c1-12(22-9-4-7-18-22)16(23)20-10-6-14-13(11-20)17(24)21-8-3-2-5-15(21)19-14/h2-5,7-9,12H,6,10-11H2,1H3/t12-/m1/s1. The SMILES string of the molecule is C[C@H](C(=O)N1CCc2nc3ccccn3c(=O)c2C1)n1cccn1. The Labute approximate surface area is 138 Å². The van der Waals surface area contributed by atoms with Crippen LogP contribution in [0.15, 0.2) is 47.7 Å². The van der Waals surface area contributed by atoms with Gasteiger partial charge in [0.1, 0.15) is 11.7 Å². The van der Waals surface area contributed by atoms with Crippen molar-refractivity contribution in [3.63, 3.8) is 0 Å². The molecule has 3 aromatic heterocycles. The molecule has 0 radical (unpaired) electrons. The van der Waals surface area contributed by atoms with Crippen LogP contribution in [0, 0.1) is 0 Å². The van der Waals surface area contributed by atoms with Gasteiger partial charge in [-0.1, -0.05) is 6.07 Å². The van der Waals surface area contributed by atoms with Crippen LogP contribution < -0.4 is 5.56 Å². The average Bonchev–Trinajstić information content (AvgIpc) is 3.15. The molecule has 0 fully saturated rings. The number of amides is 1. The van der Waals surface area contributed by atoms with Gasteiger partial charge >= 0.3 is 0 Å². The summed E-state index contributed by atoms with van der Waals surface area (Å²) in [5.74, 6) is -0.0399. The molecule has 1 amide bonds. The molecule has 0 N–H and O–H groups in total. The van der Waals surface area contributed by atoms with Crippen molar-refractivity contribution in [2.75, 3.05) is 6.54 Å².